The topological polar surface area (TPSA) is 12.9 Å². The number of halogens is 2. The summed E-state index contributed by atoms with van der Waals surface area (Å²) in [6, 6.07) is 12.1. The zero-order valence-electron chi connectivity index (χ0n) is 8.65. The third-order valence-electron chi connectivity index (χ3n) is 2.47. The first-order chi connectivity index (χ1) is 8.25. The molecule has 0 spiro atoms. The molecule has 4 heteroatoms. The Hall–Kier alpha value is -1.81. The lowest BCUT2D eigenvalue weighted by Gasteiger charge is -1.92. The van der Waals surface area contributed by atoms with Crippen molar-refractivity contribution >= 4 is 21.6 Å². The summed E-state index contributed by atoms with van der Waals surface area (Å²) < 4.78 is 27.2. The first kappa shape index (κ1) is 10.4. The van der Waals surface area contributed by atoms with Crippen molar-refractivity contribution in [2.75, 3.05) is 0 Å². The van der Waals surface area contributed by atoms with Gasteiger partial charge >= 0.3 is 0 Å². The van der Waals surface area contributed by atoms with Gasteiger partial charge in [0, 0.05) is 5.56 Å². The molecule has 0 amide bonds. The molecule has 0 aliphatic carbocycles. The highest BCUT2D eigenvalue weighted by Crippen LogP contribution is 2.31. The van der Waals surface area contributed by atoms with E-state index in [1.165, 1.54) is 11.3 Å². The van der Waals surface area contributed by atoms with E-state index in [9.17, 15) is 8.78 Å². The molecular formula is C13H7F2NS. The van der Waals surface area contributed by atoms with E-state index in [-0.39, 0.29) is 5.52 Å². The van der Waals surface area contributed by atoms with Gasteiger partial charge in [-0.1, -0.05) is 30.3 Å². The number of hydrogen-bond donors (Lipinski definition) is 0. The van der Waals surface area contributed by atoms with Crippen molar-refractivity contribution in [1.29, 1.82) is 0 Å². The molecule has 1 nitrogen and oxygen atoms in total. The second-order valence-electron chi connectivity index (χ2n) is 3.59. The lowest BCUT2D eigenvalue weighted by molar-refractivity contribution is 0.516. The summed E-state index contributed by atoms with van der Waals surface area (Å²) in [5.41, 5.74) is 1.02. The van der Waals surface area contributed by atoms with Crippen LogP contribution in [0.1, 0.15) is 0 Å². The van der Waals surface area contributed by atoms with E-state index < -0.39 is 11.6 Å². The maximum atomic E-state index is 13.5. The lowest BCUT2D eigenvalue weighted by atomic mass is 10.2. The van der Waals surface area contributed by atoms with Crippen molar-refractivity contribution < 1.29 is 8.78 Å². The summed E-state index contributed by atoms with van der Waals surface area (Å²) in [6.45, 7) is 0. The summed E-state index contributed by atoms with van der Waals surface area (Å²) in [4.78, 5) is 4.15. The Balaban J connectivity index is 2.24. The van der Waals surface area contributed by atoms with E-state index in [4.69, 9.17) is 0 Å². The second kappa shape index (κ2) is 3.89. The quantitative estimate of drug-likeness (QED) is 0.626. The van der Waals surface area contributed by atoms with Gasteiger partial charge in [-0.3, -0.25) is 0 Å². The number of nitrogens with zero attached hydrogens (tertiary/aromatic N) is 1. The number of thiazole rings is 1. The van der Waals surface area contributed by atoms with Crippen LogP contribution in [0.25, 0.3) is 20.8 Å². The van der Waals surface area contributed by atoms with Gasteiger partial charge in [0.15, 0.2) is 11.6 Å². The third kappa shape index (κ3) is 1.70. The molecule has 0 saturated carbocycles. The fourth-order valence-electron chi connectivity index (χ4n) is 1.64. The van der Waals surface area contributed by atoms with Gasteiger partial charge in [-0.15, -0.1) is 11.3 Å². The molecule has 0 radical (unpaired) electrons. The van der Waals surface area contributed by atoms with E-state index in [1.54, 1.807) is 6.07 Å². The smallest absolute Gasteiger partial charge is 0.185 e. The zero-order valence-corrected chi connectivity index (χ0v) is 9.47. The monoisotopic (exact) mass is 247 g/mol. The van der Waals surface area contributed by atoms with Gasteiger partial charge in [-0.25, -0.2) is 13.8 Å². The van der Waals surface area contributed by atoms with Crippen LogP contribution in [0.15, 0.2) is 42.5 Å². The summed E-state index contributed by atoms with van der Waals surface area (Å²) in [5.74, 6) is -1.73. The maximum absolute atomic E-state index is 13.5. The van der Waals surface area contributed by atoms with Crippen molar-refractivity contribution in [2.45, 2.75) is 0 Å². The first-order valence-corrected chi connectivity index (χ1v) is 5.87. The highest BCUT2D eigenvalue weighted by molar-refractivity contribution is 7.21. The highest BCUT2D eigenvalue weighted by atomic mass is 32.1. The third-order valence-corrected chi connectivity index (χ3v) is 3.54. The predicted molar refractivity (Wildman–Crippen MR) is 65.0 cm³/mol. The summed E-state index contributed by atoms with van der Waals surface area (Å²) in [7, 11) is 0. The molecule has 0 aliphatic heterocycles. The Morgan fingerprint density at radius 2 is 1.71 bits per heavy atom. The Labute approximate surface area is 100 Å². The molecule has 17 heavy (non-hydrogen) atoms. The minimum absolute atomic E-state index is 0.105. The molecule has 3 rings (SSSR count). The van der Waals surface area contributed by atoms with E-state index in [0.29, 0.717) is 9.71 Å². The summed E-state index contributed by atoms with van der Waals surface area (Å²) >= 11 is 1.36. The van der Waals surface area contributed by atoms with Crippen LogP contribution in [0.4, 0.5) is 8.78 Å². The van der Waals surface area contributed by atoms with Crippen LogP contribution in [-0.4, -0.2) is 4.98 Å². The molecule has 1 aromatic heterocycles. The molecular weight excluding hydrogens is 240 g/mol. The highest BCUT2D eigenvalue weighted by Gasteiger charge is 2.12. The molecule has 0 atom stereocenters. The first-order valence-electron chi connectivity index (χ1n) is 5.05. The van der Waals surface area contributed by atoms with Gasteiger partial charge in [-0.2, -0.15) is 0 Å². The standard InChI is InChI=1S/C13H7F2NS/c14-9-6-7-10-12(11(9)15)16-13(17-10)8-4-2-1-3-5-8/h1-7H. The van der Waals surface area contributed by atoms with Crippen molar-refractivity contribution in [1.82, 2.24) is 4.98 Å². The average Bonchev–Trinajstić information content (AvgIpc) is 2.80. The molecule has 84 valence electrons. The zero-order chi connectivity index (χ0) is 11.8. The van der Waals surface area contributed by atoms with Crippen molar-refractivity contribution in [2.24, 2.45) is 0 Å². The number of rotatable bonds is 1. The lowest BCUT2D eigenvalue weighted by Crippen LogP contribution is -1.84. The van der Waals surface area contributed by atoms with E-state index in [2.05, 4.69) is 4.98 Å². The minimum Gasteiger partial charge on any atom is -0.233 e. The number of fused-ring (bicyclic) bond motifs is 1. The van der Waals surface area contributed by atoms with Gasteiger partial charge in [0.1, 0.15) is 10.5 Å². The SMILES string of the molecule is Fc1ccc2sc(-c3ccccc3)nc2c1F. The fraction of sp³-hybridized carbons (Fsp3) is 0. The van der Waals surface area contributed by atoms with Crippen molar-refractivity contribution in [3.63, 3.8) is 0 Å². The average molecular weight is 247 g/mol. The molecule has 2 aromatic carbocycles. The van der Waals surface area contributed by atoms with Crippen LogP contribution in [0, 0.1) is 11.6 Å². The Morgan fingerprint density at radius 1 is 0.941 bits per heavy atom. The molecule has 3 aromatic rings. The van der Waals surface area contributed by atoms with Crippen molar-refractivity contribution in [3.8, 4) is 10.6 Å². The normalized spacial score (nSPS) is 10.9. The van der Waals surface area contributed by atoms with Gasteiger partial charge in [0.05, 0.1) is 4.70 Å². The van der Waals surface area contributed by atoms with Crippen LogP contribution in [0.5, 0.6) is 0 Å². The van der Waals surface area contributed by atoms with Crippen LogP contribution in [0.3, 0.4) is 0 Å². The van der Waals surface area contributed by atoms with Crippen LogP contribution in [-0.2, 0) is 0 Å². The molecule has 0 aliphatic rings. The maximum Gasteiger partial charge on any atom is 0.185 e. The van der Waals surface area contributed by atoms with Gasteiger partial charge < -0.3 is 0 Å². The summed E-state index contributed by atoms with van der Waals surface area (Å²) in [5, 5.41) is 0.699. The molecule has 0 unspecified atom stereocenters. The van der Waals surface area contributed by atoms with Crippen molar-refractivity contribution in [3.05, 3.63) is 54.1 Å². The molecule has 0 saturated heterocycles. The predicted octanol–water partition coefficient (Wildman–Crippen LogP) is 4.24. The van der Waals surface area contributed by atoms with E-state index >= 15 is 0 Å². The van der Waals surface area contributed by atoms with Crippen LogP contribution >= 0.6 is 11.3 Å². The van der Waals surface area contributed by atoms with E-state index in [1.807, 2.05) is 30.3 Å². The molecule has 0 fully saturated rings. The Bertz CT molecular complexity index is 676. The van der Waals surface area contributed by atoms with Gasteiger partial charge in [0.2, 0.25) is 0 Å². The van der Waals surface area contributed by atoms with Crippen LogP contribution < -0.4 is 0 Å². The molecule has 1 heterocycles. The molecule has 0 bridgehead atoms. The van der Waals surface area contributed by atoms with Crippen LogP contribution in [0.2, 0.25) is 0 Å². The van der Waals surface area contributed by atoms with Gasteiger partial charge in [-0.05, 0) is 12.1 Å². The van der Waals surface area contributed by atoms with Gasteiger partial charge in [0.25, 0.3) is 0 Å². The Morgan fingerprint density at radius 3 is 2.47 bits per heavy atom. The number of hydrogen-bond acceptors (Lipinski definition) is 2. The summed E-state index contributed by atoms with van der Waals surface area (Å²) in [6.07, 6.45) is 0. The Kier molecular flexibility index (Phi) is 2.37. The number of aromatic nitrogens is 1. The minimum atomic E-state index is -0.874. The fourth-order valence-corrected chi connectivity index (χ4v) is 2.61. The molecule has 0 N–H and O–H groups in total. The largest absolute Gasteiger partial charge is 0.233 e. The second-order valence-corrected chi connectivity index (χ2v) is 4.62. The number of benzene rings is 2. The van der Waals surface area contributed by atoms with E-state index in [0.717, 1.165) is 11.6 Å².